The molecule has 0 aliphatic rings. The molecule has 15 heavy (non-hydrogen) atoms. The Hall–Kier alpha value is -1.08. The van der Waals surface area contributed by atoms with Crippen molar-refractivity contribution in [3.8, 4) is 5.40 Å². The quantitative estimate of drug-likeness (QED) is 0.524. The van der Waals surface area contributed by atoms with E-state index < -0.39 is 11.7 Å². The molecule has 0 aliphatic carbocycles. The molecule has 0 N–H and O–H groups in total. The number of hydrogen-bond donors (Lipinski definition) is 0. The number of nitrogens with zero attached hydrogens (tertiary/aromatic N) is 1. The van der Waals surface area contributed by atoms with Crippen LogP contribution in [-0.4, -0.2) is 0 Å². The van der Waals surface area contributed by atoms with E-state index in [1.807, 2.05) is 13.8 Å². The number of hydrogen-bond acceptors (Lipinski definition) is 2. The minimum absolute atomic E-state index is 0.128. The molecule has 0 bridgehead atoms. The van der Waals surface area contributed by atoms with Crippen molar-refractivity contribution in [3.05, 3.63) is 34.8 Å². The van der Waals surface area contributed by atoms with Crippen molar-refractivity contribution in [1.82, 2.24) is 0 Å². The maximum Gasteiger partial charge on any atom is 0.140 e. The molecule has 0 rings (SSSR count). The second-order valence-corrected chi connectivity index (χ2v) is 4.07. The lowest BCUT2D eigenvalue weighted by atomic mass is 10.2. The Balaban J connectivity index is 4.95. The Morgan fingerprint density at radius 3 is 2.40 bits per heavy atom. The predicted molar refractivity (Wildman–Crippen MR) is 60.2 cm³/mol. The molecule has 0 fully saturated rings. The average molecular weight is 229 g/mol. The molecule has 0 unspecified atom stereocenters. The highest BCUT2D eigenvalue weighted by molar-refractivity contribution is 8.07. The highest BCUT2D eigenvalue weighted by Crippen LogP contribution is 2.23. The standard InChI is InChI=1S/C11H13F2NS/c1-8(2)4-5-11(15-7-14)10(13)6-9(3)12/h4-6,8H,1-3H3/b5-4+,9-6+,11-10-. The molecule has 0 aromatic carbocycles. The van der Waals surface area contributed by atoms with Crippen LogP contribution in [0.4, 0.5) is 8.78 Å². The Kier molecular flexibility index (Phi) is 6.72. The van der Waals surface area contributed by atoms with E-state index in [9.17, 15) is 8.78 Å². The molecule has 0 radical (unpaired) electrons. The van der Waals surface area contributed by atoms with Gasteiger partial charge in [0.15, 0.2) is 0 Å². The van der Waals surface area contributed by atoms with Crippen molar-refractivity contribution in [3.63, 3.8) is 0 Å². The fraction of sp³-hybridized carbons (Fsp3) is 0.364. The topological polar surface area (TPSA) is 23.8 Å². The first-order valence-electron chi connectivity index (χ1n) is 4.45. The van der Waals surface area contributed by atoms with Crippen LogP contribution >= 0.6 is 11.8 Å². The van der Waals surface area contributed by atoms with Gasteiger partial charge in [-0.2, -0.15) is 5.26 Å². The second kappa shape index (κ2) is 7.24. The van der Waals surface area contributed by atoms with Crippen LogP contribution < -0.4 is 0 Å². The lowest BCUT2D eigenvalue weighted by Crippen LogP contribution is -1.81. The molecule has 0 atom stereocenters. The normalized spacial score (nSPS) is 14.3. The SMILES string of the molecule is C\C(F)=C/C(F)=C(\C=C\C(C)C)SC#N. The summed E-state index contributed by atoms with van der Waals surface area (Å²) in [6.45, 7) is 5.01. The van der Waals surface area contributed by atoms with Gasteiger partial charge in [-0.3, -0.25) is 0 Å². The second-order valence-electron chi connectivity index (χ2n) is 3.24. The van der Waals surface area contributed by atoms with Gasteiger partial charge in [-0.05, 0) is 30.7 Å². The van der Waals surface area contributed by atoms with Crippen LogP contribution in [0.2, 0.25) is 0 Å². The van der Waals surface area contributed by atoms with Gasteiger partial charge in [0.25, 0.3) is 0 Å². The minimum atomic E-state index is -0.724. The van der Waals surface area contributed by atoms with Crippen LogP contribution in [0.25, 0.3) is 0 Å². The summed E-state index contributed by atoms with van der Waals surface area (Å²) in [6.07, 6.45) is 4.01. The Bertz CT molecular complexity index is 331. The molecule has 0 aromatic rings. The minimum Gasteiger partial charge on any atom is -0.212 e. The Labute approximate surface area is 93.2 Å². The van der Waals surface area contributed by atoms with Gasteiger partial charge in [-0.25, -0.2) is 8.78 Å². The average Bonchev–Trinajstić information content (AvgIpc) is 2.10. The summed E-state index contributed by atoms with van der Waals surface area (Å²) in [4.78, 5) is 0.128. The summed E-state index contributed by atoms with van der Waals surface area (Å²) in [6, 6.07) is 0. The first kappa shape index (κ1) is 13.9. The zero-order chi connectivity index (χ0) is 11.8. The van der Waals surface area contributed by atoms with Gasteiger partial charge in [0.05, 0.1) is 10.7 Å². The van der Waals surface area contributed by atoms with Crippen molar-refractivity contribution in [2.75, 3.05) is 0 Å². The molecule has 1 nitrogen and oxygen atoms in total. The molecule has 0 spiro atoms. The molecule has 4 heteroatoms. The van der Waals surface area contributed by atoms with Crippen molar-refractivity contribution in [2.24, 2.45) is 5.92 Å². The van der Waals surface area contributed by atoms with E-state index in [0.29, 0.717) is 11.8 Å². The molecular formula is C11H13F2NS. The Morgan fingerprint density at radius 2 is 2.00 bits per heavy atom. The van der Waals surface area contributed by atoms with Crippen molar-refractivity contribution >= 4 is 11.8 Å². The molecule has 0 aliphatic heterocycles. The van der Waals surface area contributed by atoms with Gasteiger partial charge in [0, 0.05) is 6.08 Å². The first-order valence-corrected chi connectivity index (χ1v) is 5.26. The predicted octanol–water partition coefficient (Wildman–Crippen LogP) is 4.47. The largest absolute Gasteiger partial charge is 0.212 e. The summed E-state index contributed by atoms with van der Waals surface area (Å²) in [5.74, 6) is -1.09. The monoisotopic (exact) mass is 229 g/mol. The fourth-order valence-corrected chi connectivity index (χ4v) is 1.14. The summed E-state index contributed by atoms with van der Waals surface area (Å²) < 4.78 is 25.7. The van der Waals surface area contributed by atoms with Gasteiger partial charge >= 0.3 is 0 Å². The van der Waals surface area contributed by atoms with Crippen LogP contribution in [0, 0.1) is 16.6 Å². The first-order chi connectivity index (χ1) is 6.97. The van der Waals surface area contributed by atoms with Gasteiger partial charge < -0.3 is 0 Å². The van der Waals surface area contributed by atoms with E-state index in [4.69, 9.17) is 5.26 Å². The number of nitriles is 1. The lowest BCUT2D eigenvalue weighted by molar-refractivity contribution is 0.613. The molecule has 0 amide bonds. The molecule has 82 valence electrons. The summed E-state index contributed by atoms with van der Waals surface area (Å²) in [7, 11) is 0. The van der Waals surface area contributed by atoms with Crippen molar-refractivity contribution in [1.29, 1.82) is 5.26 Å². The van der Waals surface area contributed by atoms with E-state index in [0.717, 1.165) is 13.0 Å². The maximum absolute atomic E-state index is 13.3. The fourth-order valence-electron chi connectivity index (χ4n) is 0.737. The van der Waals surface area contributed by atoms with Gasteiger partial charge in [-0.1, -0.05) is 19.9 Å². The number of thiocyanates is 1. The van der Waals surface area contributed by atoms with Crippen LogP contribution in [0.5, 0.6) is 0 Å². The highest BCUT2D eigenvalue weighted by Gasteiger charge is 2.03. The summed E-state index contributed by atoms with van der Waals surface area (Å²) >= 11 is 0.681. The molecule has 0 saturated carbocycles. The zero-order valence-electron chi connectivity index (χ0n) is 8.92. The Morgan fingerprint density at radius 1 is 1.40 bits per heavy atom. The van der Waals surface area contributed by atoms with Crippen LogP contribution in [0.1, 0.15) is 20.8 Å². The molecule has 0 saturated heterocycles. The molecular weight excluding hydrogens is 216 g/mol. The van der Waals surface area contributed by atoms with Gasteiger partial charge in [0.1, 0.15) is 11.2 Å². The van der Waals surface area contributed by atoms with Crippen molar-refractivity contribution < 1.29 is 8.78 Å². The third kappa shape index (κ3) is 6.92. The third-order valence-corrected chi connectivity index (χ3v) is 1.99. The number of rotatable bonds is 4. The van der Waals surface area contributed by atoms with Crippen LogP contribution in [0.3, 0.4) is 0 Å². The van der Waals surface area contributed by atoms with Crippen molar-refractivity contribution in [2.45, 2.75) is 20.8 Å². The van der Waals surface area contributed by atoms with Gasteiger partial charge in [-0.15, -0.1) is 0 Å². The maximum atomic E-state index is 13.3. The summed E-state index contributed by atoms with van der Waals surface area (Å²) in [5, 5.41) is 10.2. The van der Waals surface area contributed by atoms with Crippen LogP contribution in [-0.2, 0) is 0 Å². The number of allylic oxidation sites excluding steroid dienone is 5. The van der Waals surface area contributed by atoms with E-state index in [2.05, 4.69) is 0 Å². The zero-order valence-corrected chi connectivity index (χ0v) is 9.74. The van der Waals surface area contributed by atoms with E-state index in [1.54, 1.807) is 11.5 Å². The summed E-state index contributed by atoms with van der Waals surface area (Å²) in [5.41, 5.74) is 0. The number of thioether (sulfide) groups is 1. The number of halogens is 2. The molecule has 0 heterocycles. The molecule has 0 aromatic heterocycles. The third-order valence-electron chi connectivity index (χ3n) is 1.35. The lowest BCUT2D eigenvalue weighted by Gasteiger charge is -1.97. The van der Waals surface area contributed by atoms with E-state index in [1.165, 1.54) is 6.08 Å². The smallest absolute Gasteiger partial charge is 0.140 e. The van der Waals surface area contributed by atoms with E-state index in [-0.39, 0.29) is 10.8 Å². The highest BCUT2D eigenvalue weighted by atomic mass is 32.2. The van der Waals surface area contributed by atoms with Crippen LogP contribution in [0.15, 0.2) is 34.8 Å². The van der Waals surface area contributed by atoms with E-state index >= 15 is 0 Å². The van der Waals surface area contributed by atoms with Gasteiger partial charge in [0.2, 0.25) is 0 Å².